The van der Waals surface area contributed by atoms with Gasteiger partial charge in [0.15, 0.2) is 11.6 Å². The number of benzene rings is 2. The van der Waals surface area contributed by atoms with E-state index < -0.39 is 44.8 Å². The minimum atomic E-state index is -4.63. The number of ether oxygens (including phenoxy) is 1. The molecule has 0 radical (unpaired) electrons. The van der Waals surface area contributed by atoms with Crippen molar-refractivity contribution in [2.24, 2.45) is 0 Å². The Labute approximate surface area is 130 Å². The molecular formula is C13H5ClF5NO3. The SMILES string of the molecule is O=[N+]([O-])c1cc(F)c(Oc2ccc(C(F)(F)F)cc2Cl)cc1F. The fraction of sp³-hybridized carbons (Fsp3) is 0.0769. The zero-order valence-electron chi connectivity index (χ0n) is 10.8. The number of hydrogen-bond donors (Lipinski definition) is 0. The number of nitro benzene ring substituents is 1. The number of rotatable bonds is 3. The van der Waals surface area contributed by atoms with E-state index in [0.29, 0.717) is 24.3 Å². The lowest BCUT2D eigenvalue weighted by molar-refractivity contribution is -0.387. The van der Waals surface area contributed by atoms with Gasteiger partial charge in [0.1, 0.15) is 5.75 Å². The molecule has 0 aliphatic carbocycles. The molecule has 0 unspecified atom stereocenters. The fourth-order valence-electron chi connectivity index (χ4n) is 1.61. The van der Waals surface area contributed by atoms with Gasteiger partial charge in [-0.3, -0.25) is 10.1 Å². The van der Waals surface area contributed by atoms with Gasteiger partial charge in [0.25, 0.3) is 0 Å². The molecule has 4 nitrogen and oxygen atoms in total. The van der Waals surface area contributed by atoms with Gasteiger partial charge >= 0.3 is 11.9 Å². The maximum atomic E-state index is 13.7. The average molecular weight is 354 g/mol. The Balaban J connectivity index is 2.37. The van der Waals surface area contributed by atoms with Crippen molar-refractivity contribution < 1.29 is 31.6 Å². The molecule has 122 valence electrons. The molecule has 0 aliphatic heterocycles. The van der Waals surface area contributed by atoms with Gasteiger partial charge in [-0.05, 0) is 18.2 Å². The van der Waals surface area contributed by atoms with Crippen molar-refractivity contribution in [3.8, 4) is 11.5 Å². The standard InChI is InChI=1S/C13H5ClF5NO3/c14-7-3-6(13(17,18)19)1-2-11(7)23-12-5-8(15)10(20(21)22)4-9(12)16/h1-5H. The van der Waals surface area contributed by atoms with Crippen LogP contribution in [0.4, 0.5) is 27.6 Å². The molecule has 0 saturated heterocycles. The van der Waals surface area contributed by atoms with Crippen LogP contribution in [0, 0.1) is 21.7 Å². The second kappa shape index (κ2) is 5.99. The van der Waals surface area contributed by atoms with Gasteiger partial charge in [-0.1, -0.05) is 11.6 Å². The van der Waals surface area contributed by atoms with E-state index in [4.69, 9.17) is 16.3 Å². The molecule has 2 rings (SSSR count). The van der Waals surface area contributed by atoms with Crippen LogP contribution in [0.25, 0.3) is 0 Å². The minimum Gasteiger partial charge on any atom is -0.453 e. The normalized spacial score (nSPS) is 11.4. The highest BCUT2D eigenvalue weighted by Crippen LogP contribution is 2.37. The number of hydrogen-bond acceptors (Lipinski definition) is 3. The first kappa shape index (κ1) is 16.9. The van der Waals surface area contributed by atoms with Gasteiger partial charge in [-0.15, -0.1) is 0 Å². The molecule has 0 aromatic heterocycles. The smallest absolute Gasteiger partial charge is 0.416 e. The van der Waals surface area contributed by atoms with Crippen molar-refractivity contribution in [1.29, 1.82) is 0 Å². The molecule has 23 heavy (non-hydrogen) atoms. The molecule has 0 saturated carbocycles. The van der Waals surface area contributed by atoms with E-state index in [2.05, 4.69) is 0 Å². The lowest BCUT2D eigenvalue weighted by Crippen LogP contribution is -2.04. The predicted octanol–water partition coefficient (Wildman–Crippen LogP) is 5.34. The van der Waals surface area contributed by atoms with Crippen LogP contribution in [0.5, 0.6) is 11.5 Å². The Morgan fingerprint density at radius 1 is 1.04 bits per heavy atom. The summed E-state index contributed by atoms with van der Waals surface area (Å²) in [5.41, 5.74) is -2.15. The molecule has 0 fully saturated rings. The number of alkyl halides is 3. The first-order valence-corrected chi connectivity index (χ1v) is 6.15. The van der Waals surface area contributed by atoms with Crippen molar-refractivity contribution in [3.63, 3.8) is 0 Å². The Hall–Kier alpha value is -2.42. The van der Waals surface area contributed by atoms with Gasteiger partial charge in [-0.25, -0.2) is 4.39 Å². The molecular weight excluding hydrogens is 349 g/mol. The van der Waals surface area contributed by atoms with Gasteiger partial charge in [-0.2, -0.15) is 17.6 Å². The van der Waals surface area contributed by atoms with Crippen molar-refractivity contribution >= 4 is 17.3 Å². The molecule has 2 aromatic carbocycles. The van der Waals surface area contributed by atoms with E-state index in [-0.39, 0.29) is 5.75 Å². The molecule has 2 aromatic rings. The third-order valence-corrected chi connectivity index (χ3v) is 2.97. The average Bonchev–Trinajstić information content (AvgIpc) is 2.43. The maximum Gasteiger partial charge on any atom is 0.416 e. The minimum absolute atomic E-state index is 0.294. The van der Waals surface area contributed by atoms with E-state index in [9.17, 15) is 32.1 Å². The summed E-state index contributed by atoms with van der Waals surface area (Å²) < 4.78 is 69.5. The molecule has 0 aliphatic rings. The molecule has 0 amide bonds. The van der Waals surface area contributed by atoms with Crippen LogP contribution < -0.4 is 4.74 Å². The highest BCUT2D eigenvalue weighted by molar-refractivity contribution is 6.32. The van der Waals surface area contributed by atoms with Crippen LogP contribution in [0.3, 0.4) is 0 Å². The molecule has 0 atom stereocenters. The summed E-state index contributed by atoms with van der Waals surface area (Å²) in [5, 5.41) is 9.97. The zero-order chi connectivity index (χ0) is 17.4. The Kier molecular flexibility index (Phi) is 4.42. The van der Waals surface area contributed by atoms with Crippen molar-refractivity contribution in [2.75, 3.05) is 0 Å². The third kappa shape index (κ3) is 3.67. The molecule has 0 N–H and O–H groups in total. The first-order chi connectivity index (χ1) is 10.6. The van der Waals surface area contributed by atoms with Gasteiger partial charge in [0, 0.05) is 6.07 Å². The van der Waals surface area contributed by atoms with Crippen molar-refractivity contribution in [1.82, 2.24) is 0 Å². The fourth-order valence-corrected chi connectivity index (χ4v) is 1.83. The topological polar surface area (TPSA) is 52.4 Å². The first-order valence-electron chi connectivity index (χ1n) is 5.77. The zero-order valence-corrected chi connectivity index (χ0v) is 11.6. The quantitative estimate of drug-likeness (QED) is 0.425. The van der Waals surface area contributed by atoms with Crippen LogP contribution in [0.15, 0.2) is 30.3 Å². The summed E-state index contributed by atoms with van der Waals surface area (Å²) in [5.74, 6) is -3.76. The van der Waals surface area contributed by atoms with Crippen LogP contribution in [0.2, 0.25) is 5.02 Å². The highest BCUT2D eigenvalue weighted by Gasteiger charge is 2.31. The lowest BCUT2D eigenvalue weighted by Gasteiger charge is -2.11. The van der Waals surface area contributed by atoms with Crippen LogP contribution in [0.1, 0.15) is 5.56 Å². The van der Waals surface area contributed by atoms with E-state index >= 15 is 0 Å². The summed E-state index contributed by atoms with van der Waals surface area (Å²) in [6.45, 7) is 0. The summed E-state index contributed by atoms with van der Waals surface area (Å²) in [6.07, 6.45) is -4.63. The van der Waals surface area contributed by atoms with E-state index in [1.165, 1.54) is 0 Å². The molecule has 0 heterocycles. The van der Waals surface area contributed by atoms with E-state index in [1.54, 1.807) is 0 Å². The predicted molar refractivity (Wildman–Crippen MR) is 69.5 cm³/mol. The largest absolute Gasteiger partial charge is 0.453 e. The number of nitro groups is 1. The summed E-state index contributed by atoms with van der Waals surface area (Å²) in [7, 11) is 0. The van der Waals surface area contributed by atoms with Crippen LogP contribution in [-0.4, -0.2) is 4.92 Å². The van der Waals surface area contributed by atoms with E-state index in [0.717, 1.165) is 6.07 Å². The highest BCUT2D eigenvalue weighted by atomic mass is 35.5. The Morgan fingerprint density at radius 2 is 1.70 bits per heavy atom. The van der Waals surface area contributed by atoms with Crippen LogP contribution >= 0.6 is 11.6 Å². The van der Waals surface area contributed by atoms with E-state index in [1.807, 2.05) is 0 Å². The lowest BCUT2D eigenvalue weighted by atomic mass is 10.2. The Bertz CT molecular complexity index is 779. The van der Waals surface area contributed by atoms with Gasteiger partial charge in [0.2, 0.25) is 5.82 Å². The van der Waals surface area contributed by atoms with Crippen molar-refractivity contribution in [2.45, 2.75) is 6.18 Å². The number of nitrogens with zero attached hydrogens (tertiary/aromatic N) is 1. The summed E-state index contributed by atoms with van der Waals surface area (Å²) in [6, 6.07) is 2.71. The second-order valence-electron chi connectivity index (χ2n) is 4.24. The summed E-state index contributed by atoms with van der Waals surface area (Å²) in [4.78, 5) is 9.33. The van der Waals surface area contributed by atoms with Gasteiger partial charge in [0.05, 0.1) is 21.6 Å². The molecule has 10 heteroatoms. The Morgan fingerprint density at radius 3 is 2.22 bits per heavy atom. The monoisotopic (exact) mass is 353 g/mol. The number of halogens is 6. The van der Waals surface area contributed by atoms with Gasteiger partial charge < -0.3 is 4.74 Å². The maximum absolute atomic E-state index is 13.7. The summed E-state index contributed by atoms with van der Waals surface area (Å²) >= 11 is 5.61. The second-order valence-corrected chi connectivity index (χ2v) is 4.64. The molecule has 0 spiro atoms. The van der Waals surface area contributed by atoms with Crippen LogP contribution in [-0.2, 0) is 6.18 Å². The third-order valence-electron chi connectivity index (χ3n) is 2.68. The van der Waals surface area contributed by atoms with Crippen molar-refractivity contribution in [3.05, 3.63) is 62.7 Å². The molecule has 0 bridgehead atoms.